The van der Waals surface area contributed by atoms with E-state index in [0.717, 1.165) is 25.4 Å². The fourth-order valence-corrected chi connectivity index (χ4v) is 2.28. The van der Waals surface area contributed by atoms with Crippen LogP contribution in [0, 0.1) is 11.6 Å². The molecule has 1 fully saturated rings. The Labute approximate surface area is 106 Å². The number of pyridine rings is 1. The Hall–Kier alpha value is -1.23. The van der Waals surface area contributed by atoms with Gasteiger partial charge in [0.2, 0.25) is 0 Å². The third kappa shape index (κ3) is 3.38. The molecule has 100 valence electrons. The molecule has 3 nitrogen and oxygen atoms in total. The van der Waals surface area contributed by atoms with Crippen molar-refractivity contribution < 1.29 is 8.78 Å². The minimum atomic E-state index is -0.651. The van der Waals surface area contributed by atoms with Crippen molar-refractivity contribution in [3.8, 4) is 0 Å². The molecule has 0 aliphatic carbocycles. The predicted molar refractivity (Wildman–Crippen MR) is 67.5 cm³/mol. The smallest absolute Gasteiger partial charge is 0.168 e. The third-order valence-corrected chi connectivity index (χ3v) is 3.39. The van der Waals surface area contributed by atoms with E-state index in [1.54, 1.807) is 0 Å². The van der Waals surface area contributed by atoms with E-state index in [9.17, 15) is 8.78 Å². The molecular formula is C13H19F2N3. The van der Waals surface area contributed by atoms with Gasteiger partial charge < -0.3 is 5.32 Å². The minimum Gasteiger partial charge on any atom is -0.366 e. The monoisotopic (exact) mass is 255 g/mol. The molecule has 1 aromatic rings. The van der Waals surface area contributed by atoms with E-state index in [-0.39, 0.29) is 5.82 Å². The van der Waals surface area contributed by atoms with Gasteiger partial charge in [0.05, 0.1) is 6.20 Å². The second kappa shape index (κ2) is 6.09. The van der Waals surface area contributed by atoms with Crippen LogP contribution in [0.15, 0.2) is 12.3 Å². The summed E-state index contributed by atoms with van der Waals surface area (Å²) in [5.74, 6) is -1.16. The van der Waals surface area contributed by atoms with Gasteiger partial charge in [-0.3, -0.25) is 4.90 Å². The summed E-state index contributed by atoms with van der Waals surface area (Å²) in [6.45, 7) is 4.93. The summed E-state index contributed by atoms with van der Waals surface area (Å²) in [6, 6.07) is 1.18. The number of rotatable bonds is 4. The number of nitrogens with one attached hydrogen (secondary N) is 1. The molecule has 0 bridgehead atoms. The van der Waals surface area contributed by atoms with Crippen LogP contribution in [-0.2, 0) is 0 Å². The van der Waals surface area contributed by atoms with Crippen molar-refractivity contribution in [1.29, 1.82) is 0 Å². The lowest BCUT2D eigenvalue weighted by Crippen LogP contribution is -2.41. The van der Waals surface area contributed by atoms with Crippen LogP contribution < -0.4 is 5.32 Å². The topological polar surface area (TPSA) is 28.2 Å². The maximum Gasteiger partial charge on any atom is 0.168 e. The zero-order chi connectivity index (χ0) is 13.0. The first-order valence-electron chi connectivity index (χ1n) is 6.46. The highest BCUT2D eigenvalue weighted by atomic mass is 19.1. The van der Waals surface area contributed by atoms with E-state index in [0.29, 0.717) is 12.6 Å². The highest BCUT2D eigenvalue weighted by Gasteiger charge is 2.16. The summed E-state index contributed by atoms with van der Waals surface area (Å²) >= 11 is 0. The summed E-state index contributed by atoms with van der Waals surface area (Å²) in [5.41, 5.74) is 0. The molecule has 1 aliphatic heterocycles. The van der Waals surface area contributed by atoms with Crippen molar-refractivity contribution in [2.45, 2.75) is 32.2 Å². The number of nitrogens with zero attached hydrogens (tertiary/aromatic N) is 2. The highest BCUT2D eigenvalue weighted by molar-refractivity contribution is 5.35. The first-order valence-corrected chi connectivity index (χ1v) is 6.46. The molecule has 0 aromatic carbocycles. The summed E-state index contributed by atoms with van der Waals surface area (Å²) in [4.78, 5) is 6.10. The Balaban J connectivity index is 1.86. The van der Waals surface area contributed by atoms with Gasteiger partial charge in [-0.2, -0.15) is 0 Å². The van der Waals surface area contributed by atoms with Crippen LogP contribution in [0.3, 0.4) is 0 Å². The van der Waals surface area contributed by atoms with Crippen LogP contribution in [0.5, 0.6) is 0 Å². The fourth-order valence-electron chi connectivity index (χ4n) is 2.28. The van der Waals surface area contributed by atoms with Crippen LogP contribution in [0.25, 0.3) is 0 Å². The molecule has 2 rings (SSSR count). The van der Waals surface area contributed by atoms with E-state index in [1.165, 1.54) is 19.3 Å². The van der Waals surface area contributed by atoms with Gasteiger partial charge >= 0.3 is 0 Å². The highest BCUT2D eigenvalue weighted by Crippen LogP contribution is 2.14. The summed E-state index contributed by atoms with van der Waals surface area (Å²) in [5, 5.41) is 2.94. The molecule has 1 atom stereocenters. The second-order valence-electron chi connectivity index (χ2n) is 4.81. The van der Waals surface area contributed by atoms with Crippen LogP contribution in [0.2, 0.25) is 0 Å². The van der Waals surface area contributed by atoms with Gasteiger partial charge in [-0.25, -0.2) is 13.8 Å². The van der Waals surface area contributed by atoms with Crippen LogP contribution in [-0.4, -0.2) is 35.6 Å². The van der Waals surface area contributed by atoms with E-state index in [4.69, 9.17) is 0 Å². The number of hydrogen-bond donors (Lipinski definition) is 1. The Bertz CT molecular complexity index is 392. The zero-order valence-electron chi connectivity index (χ0n) is 10.6. The predicted octanol–water partition coefficient (Wildman–Crippen LogP) is 2.65. The first kappa shape index (κ1) is 13.2. The molecule has 0 amide bonds. The number of likely N-dealkylation sites (tertiary alicyclic amines) is 1. The molecule has 1 unspecified atom stereocenters. The maximum atomic E-state index is 13.4. The number of piperidine rings is 1. The van der Waals surface area contributed by atoms with Gasteiger partial charge in [-0.1, -0.05) is 6.42 Å². The Morgan fingerprint density at radius 1 is 1.33 bits per heavy atom. The van der Waals surface area contributed by atoms with Gasteiger partial charge in [0.25, 0.3) is 0 Å². The molecule has 2 heterocycles. The van der Waals surface area contributed by atoms with Crippen molar-refractivity contribution >= 4 is 5.82 Å². The molecule has 1 N–H and O–H groups in total. The van der Waals surface area contributed by atoms with Gasteiger partial charge in [0.15, 0.2) is 11.6 Å². The van der Waals surface area contributed by atoms with Crippen molar-refractivity contribution in [3.05, 3.63) is 23.9 Å². The zero-order valence-corrected chi connectivity index (χ0v) is 10.6. The minimum absolute atomic E-state index is 0.125. The standard InChI is InChI=1S/C13H19F2N3/c1-10(18-5-3-2-4-6-18)8-16-13-12(15)7-11(14)9-17-13/h7,9-10H,2-6,8H2,1H3,(H,16,17). The number of aromatic nitrogens is 1. The maximum absolute atomic E-state index is 13.4. The number of halogens is 2. The molecule has 1 aliphatic rings. The largest absolute Gasteiger partial charge is 0.366 e. The van der Waals surface area contributed by atoms with E-state index >= 15 is 0 Å². The molecular weight excluding hydrogens is 236 g/mol. The van der Waals surface area contributed by atoms with Crippen molar-refractivity contribution in [2.75, 3.05) is 25.0 Å². The normalized spacial score (nSPS) is 18.6. The first-order chi connectivity index (χ1) is 8.66. The molecule has 0 radical (unpaired) electrons. The van der Waals surface area contributed by atoms with Crippen molar-refractivity contribution in [1.82, 2.24) is 9.88 Å². The van der Waals surface area contributed by atoms with Gasteiger partial charge in [-0.15, -0.1) is 0 Å². The molecule has 5 heteroatoms. The van der Waals surface area contributed by atoms with Gasteiger partial charge in [0.1, 0.15) is 5.82 Å². The molecule has 1 aromatic heterocycles. The van der Waals surface area contributed by atoms with Crippen LogP contribution in [0.4, 0.5) is 14.6 Å². The number of anilines is 1. The summed E-state index contributed by atoms with van der Waals surface area (Å²) < 4.78 is 26.1. The average Bonchev–Trinajstić information content (AvgIpc) is 2.38. The Morgan fingerprint density at radius 3 is 2.72 bits per heavy atom. The van der Waals surface area contributed by atoms with E-state index in [1.807, 2.05) is 0 Å². The van der Waals surface area contributed by atoms with Gasteiger partial charge in [0, 0.05) is 18.7 Å². The summed E-state index contributed by atoms with van der Waals surface area (Å²) in [6.07, 6.45) is 4.78. The Kier molecular flexibility index (Phi) is 4.47. The SMILES string of the molecule is CC(CNc1ncc(F)cc1F)N1CCCCC1. The number of hydrogen-bond acceptors (Lipinski definition) is 3. The molecule has 0 spiro atoms. The van der Waals surface area contributed by atoms with Crippen LogP contribution in [0.1, 0.15) is 26.2 Å². The van der Waals surface area contributed by atoms with E-state index in [2.05, 4.69) is 22.1 Å². The Morgan fingerprint density at radius 2 is 2.06 bits per heavy atom. The lowest BCUT2D eigenvalue weighted by molar-refractivity contribution is 0.180. The van der Waals surface area contributed by atoms with Crippen LogP contribution >= 0.6 is 0 Å². The average molecular weight is 255 g/mol. The summed E-state index contributed by atoms with van der Waals surface area (Å²) in [7, 11) is 0. The fraction of sp³-hybridized carbons (Fsp3) is 0.615. The second-order valence-corrected chi connectivity index (χ2v) is 4.81. The third-order valence-electron chi connectivity index (χ3n) is 3.39. The quantitative estimate of drug-likeness (QED) is 0.896. The molecule has 1 saturated heterocycles. The van der Waals surface area contributed by atoms with Gasteiger partial charge in [-0.05, 0) is 32.9 Å². The lowest BCUT2D eigenvalue weighted by Gasteiger charge is -2.32. The van der Waals surface area contributed by atoms with Crippen molar-refractivity contribution in [3.63, 3.8) is 0 Å². The molecule has 0 saturated carbocycles. The molecule has 18 heavy (non-hydrogen) atoms. The van der Waals surface area contributed by atoms with Crippen molar-refractivity contribution in [2.24, 2.45) is 0 Å². The van der Waals surface area contributed by atoms with E-state index < -0.39 is 11.6 Å². The lowest BCUT2D eigenvalue weighted by atomic mass is 10.1.